The smallest absolute Gasteiger partial charge is 0.398 e. The van der Waals surface area contributed by atoms with Gasteiger partial charge in [-0.1, -0.05) is 0 Å². The van der Waals surface area contributed by atoms with Crippen molar-refractivity contribution in [3.63, 3.8) is 0 Å². The Labute approximate surface area is 29.8 Å². The van der Waals surface area contributed by atoms with E-state index in [-0.39, 0.29) is 0 Å². The number of rotatable bonds is 1. The van der Waals surface area contributed by atoms with Crippen LogP contribution in [0.5, 0.6) is 0 Å². The molecule has 0 heterocycles. The molecule has 0 rings (SSSR count). The molecule has 0 fully saturated rings. The second kappa shape index (κ2) is 2.17. The molecule has 0 aliphatic heterocycles. The predicted octanol–water partition coefficient (Wildman–Crippen LogP) is -0.421. The largest absolute Gasteiger partial charge is 0.677 e. The summed E-state index contributed by atoms with van der Waals surface area (Å²) in [5, 5.41) is 7.47. The Morgan fingerprint density at radius 1 is 2.00 bits per heavy atom. The van der Waals surface area contributed by atoms with Gasteiger partial charge in [-0.05, 0) is 0 Å². The Balaban J connectivity index is 2.54. The molecule has 0 bridgehead atoms. The quantitative estimate of drug-likeness (QED) is 0.431. The lowest BCUT2D eigenvalue weighted by atomic mass is 10.3. The molecule has 0 unspecified atom stereocenters. The summed E-state index contributed by atoms with van der Waals surface area (Å²) in [6.45, 7) is 0. The molecule has 0 aromatic rings. The van der Waals surface area contributed by atoms with Gasteiger partial charge in [0.1, 0.15) is 0 Å². The van der Waals surface area contributed by atoms with Crippen LogP contribution in [-0.4, -0.2) is 19.5 Å². The van der Waals surface area contributed by atoms with E-state index in [2.05, 4.69) is 4.65 Å². The summed E-state index contributed by atoms with van der Waals surface area (Å²) in [7, 11) is -1.04. The third kappa shape index (κ3) is 3.91. The maximum absolute atomic E-state index is 10.8. The Morgan fingerprint density at radius 3 is 2.20 bits per heavy atom. The zero-order valence-electron chi connectivity index (χ0n) is 2.81. The van der Waals surface area contributed by atoms with Gasteiger partial charge in [0, 0.05) is 7.11 Å². The van der Waals surface area contributed by atoms with Gasteiger partial charge in [-0.25, -0.2) is 0 Å². The van der Waals surface area contributed by atoms with Gasteiger partial charge < -0.3 is 9.68 Å². The molecule has 0 aromatic carbocycles. The van der Waals surface area contributed by atoms with Gasteiger partial charge in [0.2, 0.25) is 0 Å². The zero-order valence-corrected chi connectivity index (χ0v) is 2.81. The Bertz CT molecular complexity index is 23.6. The van der Waals surface area contributed by atoms with Gasteiger partial charge in [0.25, 0.3) is 0 Å². The summed E-state index contributed by atoms with van der Waals surface area (Å²) in [4.78, 5) is 0. The van der Waals surface area contributed by atoms with Crippen molar-refractivity contribution < 1.29 is 14.0 Å². The molecule has 0 spiro atoms. The lowest BCUT2D eigenvalue weighted by Gasteiger charge is -1.81. The normalized spacial score (nSPS) is 7.80. The SMILES string of the molecule is COB(O)F. The summed E-state index contributed by atoms with van der Waals surface area (Å²) in [6, 6.07) is 0. The summed E-state index contributed by atoms with van der Waals surface area (Å²) < 4.78 is 14.4. The van der Waals surface area contributed by atoms with Crippen molar-refractivity contribution in [1.29, 1.82) is 0 Å². The van der Waals surface area contributed by atoms with E-state index in [4.69, 9.17) is 5.02 Å². The van der Waals surface area contributed by atoms with Gasteiger partial charge in [0.15, 0.2) is 0 Å². The molecule has 0 atom stereocenters. The van der Waals surface area contributed by atoms with Crippen LogP contribution < -0.4 is 0 Å². The van der Waals surface area contributed by atoms with Crippen molar-refractivity contribution in [2.75, 3.05) is 7.11 Å². The molecular formula is CH4BFO2. The standard InChI is InChI=1S/CH4BFO2/c1-5-2(3)4/h4H,1H3. The monoisotopic (exact) mass is 78.0 g/mol. The van der Waals surface area contributed by atoms with E-state index in [0.717, 1.165) is 7.11 Å². The third-order valence-electron chi connectivity index (χ3n) is 0.194. The van der Waals surface area contributed by atoms with Crippen LogP contribution in [0, 0.1) is 0 Å². The van der Waals surface area contributed by atoms with E-state index in [0.29, 0.717) is 0 Å². The van der Waals surface area contributed by atoms with Crippen molar-refractivity contribution in [2.24, 2.45) is 0 Å². The average molecular weight is 77.9 g/mol. The first-order chi connectivity index (χ1) is 2.27. The molecule has 0 aliphatic carbocycles. The second-order valence-electron chi connectivity index (χ2n) is 0.528. The molecule has 0 aromatic heterocycles. The second-order valence-corrected chi connectivity index (χ2v) is 0.528. The van der Waals surface area contributed by atoms with E-state index in [1.54, 1.807) is 0 Å². The van der Waals surface area contributed by atoms with Crippen LogP contribution in [0.2, 0.25) is 0 Å². The summed E-state index contributed by atoms with van der Waals surface area (Å²) in [6.07, 6.45) is 0. The molecule has 4 heteroatoms. The highest BCUT2D eigenvalue weighted by atomic mass is 19.1. The minimum absolute atomic E-state index is 1.07. The van der Waals surface area contributed by atoms with E-state index in [9.17, 15) is 4.32 Å². The van der Waals surface area contributed by atoms with Crippen LogP contribution in [-0.2, 0) is 4.65 Å². The average Bonchev–Trinajstić information content (AvgIpc) is 1.38. The number of hydrogen-bond acceptors (Lipinski definition) is 2. The van der Waals surface area contributed by atoms with Gasteiger partial charge in [-0.15, -0.1) is 0 Å². The topological polar surface area (TPSA) is 29.5 Å². The Kier molecular flexibility index (Phi) is 2.13. The lowest BCUT2D eigenvalue weighted by Crippen LogP contribution is -2.05. The first-order valence-corrected chi connectivity index (χ1v) is 1.12. The molecule has 0 saturated heterocycles. The van der Waals surface area contributed by atoms with E-state index < -0.39 is 7.40 Å². The van der Waals surface area contributed by atoms with E-state index in [1.807, 2.05) is 0 Å². The molecule has 5 heavy (non-hydrogen) atoms. The first kappa shape index (κ1) is 4.91. The van der Waals surface area contributed by atoms with Gasteiger partial charge in [-0.3, -0.25) is 4.32 Å². The van der Waals surface area contributed by atoms with Crippen LogP contribution in [0.3, 0.4) is 0 Å². The van der Waals surface area contributed by atoms with Crippen LogP contribution >= 0.6 is 0 Å². The Hall–Kier alpha value is -0.0851. The number of halogens is 1. The fraction of sp³-hybridized carbons (Fsp3) is 1.00. The highest BCUT2D eigenvalue weighted by Gasteiger charge is 2.04. The zero-order chi connectivity index (χ0) is 4.28. The van der Waals surface area contributed by atoms with Gasteiger partial charge in [0.05, 0.1) is 0 Å². The fourth-order valence-electron chi connectivity index (χ4n) is 0. The van der Waals surface area contributed by atoms with Gasteiger partial charge in [-0.2, -0.15) is 0 Å². The molecule has 1 N–H and O–H groups in total. The van der Waals surface area contributed by atoms with Crippen molar-refractivity contribution in [3.05, 3.63) is 0 Å². The fourth-order valence-corrected chi connectivity index (χ4v) is 0. The Morgan fingerprint density at radius 2 is 2.20 bits per heavy atom. The molecule has 30 valence electrons. The number of hydrogen-bond donors (Lipinski definition) is 1. The predicted molar refractivity (Wildman–Crippen MR) is 16.1 cm³/mol. The van der Waals surface area contributed by atoms with Crippen LogP contribution in [0.15, 0.2) is 0 Å². The van der Waals surface area contributed by atoms with Crippen LogP contribution in [0.25, 0.3) is 0 Å². The maximum atomic E-state index is 10.8. The summed E-state index contributed by atoms with van der Waals surface area (Å²) >= 11 is 0. The third-order valence-corrected chi connectivity index (χ3v) is 0.194. The van der Waals surface area contributed by atoms with Gasteiger partial charge >= 0.3 is 7.40 Å². The molecule has 0 radical (unpaired) electrons. The van der Waals surface area contributed by atoms with Crippen LogP contribution in [0.4, 0.5) is 4.32 Å². The lowest BCUT2D eigenvalue weighted by molar-refractivity contribution is 0.276. The molecule has 0 aliphatic rings. The molecular weight excluding hydrogens is 73.8 g/mol. The summed E-state index contributed by atoms with van der Waals surface area (Å²) in [5.74, 6) is 0. The van der Waals surface area contributed by atoms with Crippen molar-refractivity contribution in [1.82, 2.24) is 0 Å². The van der Waals surface area contributed by atoms with E-state index in [1.165, 1.54) is 0 Å². The minimum atomic E-state index is -2.12. The van der Waals surface area contributed by atoms with Crippen molar-refractivity contribution in [3.8, 4) is 0 Å². The van der Waals surface area contributed by atoms with Crippen molar-refractivity contribution in [2.45, 2.75) is 0 Å². The molecule has 0 saturated carbocycles. The van der Waals surface area contributed by atoms with Crippen LogP contribution in [0.1, 0.15) is 0 Å². The van der Waals surface area contributed by atoms with Crippen molar-refractivity contribution >= 4 is 7.40 Å². The highest BCUT2D eigenvalue weighted by Crippen LogP contribution is 1.70. The maximum Gasteiger partial charge on any atom is 0.677 e. The first-order valence-electron chi connectivity index (χ1n) is 1.12. The molecule has 2 nitrogen and oxygen atoms in total. The minimum Gasteiger partial charge on any atom is -0.398 e. The summed E-state index contributed by atoms with van der Waals surface area (Å²) in [5.41, 5.74) is 0. The highest BCUT2D eigenvalue weighted by molar-refractivity contribution is 6.33. The van der Waals surface area contributed by atoms with E-state index >= 15 is 0 Å². The molecule has 0 amide bonds.